The minimum absolute atomic E-state index is 0.0917. The summed E-state index contributed by atoms with van der Waals surface area (Å²) in [6.45, 7) is 13.9. The second kappa shape index (κ2) is 10.2. The molecular formula is C24H36N6O3SSi. The zero-order valence-electron chi connectivity index (χ0n) is 21.4. The molecule has 1 saturated carbocycles. The maximum Gasteiger partial charge on any atom is 0.407 e. The summed E-state index contributed by atoms with van der Waals surface area (Å²) in [7, 11) is -1.13. The topological polar surface area (TPSA) is 103 Å². The Morgan fingerprint density at radius 3 is 2.69 bits per heavy atom. The van der Waals surface area contributed by atoms with Gasteiger partial charge >= 0.3 is 6.09 Å². The molecule has 0 unspecified atom stereocenters. The molecule has 3 heterocycles. The van der Waals surface area contributed by atoms with Crippen molar-refractivity contribution in [2.75, 3.05) is 11.9 Å². The molecule has 1 amide bonds. The van der Waals surface area contributed by atoms with Crippen molar-refractivity contribution in [2.45, 2.75) is 83.7 Å². The van der Waals surface area contributed by atoms with Gasteiger partial charge in [0.25, 0.3) is 0 Å². The molecule has 0 radical (unpaired) electrons. The predicted octanol–water partition coefficient (Wildman–Crippen LogP) is 5.33. The summed E-state index contributed by atoms with van der Waals surface area (Å²) in [5, 5.41) is 16.8. The number of hydrogen-bond donors (Lipinski definition) is 2. The van der Waals surface area contributed by atoms with Crippen LogP contribution in [-0.4, -0.2) is 58.2 Å². The van der Waals surface area contributed by atoms with E-state index in [2.05, 4.69) is 46.5 Å². The van der Waals surface area contributed by atoms with Crippen LogP contribution in [0.4, 0.5) is 10.5 Å². The third-order valence-corrected chi connectivity index (χ3v) is 8.24. The van der Waals surface area contributed by atoms with E-state index in [4.69, 9.17) is 14.5 Å². The highest BCUT2D eigenvalue weighted by atomic mass is 32.1. The van der Waals surface area contributed by atoms with Gasteiger partial charge in [-0.3, -0.25) is 0 Å². The van der Waals surface area contributed by atoms with Crippen LogP contribution in [0, 0.1) is 0 Å². The van der Waals surface area contributed by atoms with E-state index in [0.717, 1.165) is 52.8 Å². The third-order valence-electron chi connectivity index (χ3n) is 5.81. The lowest BCUT2D eigenvalue weighted by atomic mass is 9.86. The van der Waals surface area contributed by atoms with Crippen LogP contribution in [0.3, 0.4) is 0 Å². The van der Waals surface area contributed by atoms with Gasteiger partial charge in [-0.05, 0) is 45.7 Å². The van der Waals surface area contributed by atoms with Crippen molar-refractivity contribution in [3.8, 4) is 10.6 Å². The predicted molar refractivity (Wildman–Crippen MR) is 143 cm³/mol. The fourth-order valence-electron chi connectivity index (χ4n) is 3.92. The molecule has 11 heteroatoms. The normalized spacial score (nSPS) is 18.3. The molecule has 3 aromatic rings. The molecule has 0 aromatic carbocycles. The van der Waals surface area contributed by atoms with Crippen LogP contribution in [-0.2, 0) is 16.2 Å². The number of nitrogens with one attached hydrogen (secondary N) is 2. The van der Waals surface area contributed by atoms with Crippen molar-refractivity contribution in [2.24, 2.45) is 0 Å². The number of aromatic nitrogens is 4. The maximum atomic E-state index is 12.1. The summed E-state index contributed by atoms with van der Waals surface area (Å²) in [5.41, 5.74) is 4.02. The van der Waals surface area contributed by atoms with E-state index in [-0.39, 0.29) is 18.2 Å². The zero-order chi connectivity index (χ0) is 25.2. The van der Waals surface area contributed by atoms with Crippen molar-refractivity contribution in [3.05, 3.63) is 24.0 Å². The summed E-state index contributed by atoms with van der Waals surface area (Å²) in [6, 6.07) is 3.53. The summed E-state index contributed by atoms with van der Waals surface area (Å²) in [5.74, 6) is 0. The SMILES string of the molecule is CC(C)(C)OC(=O)N[C@H]1C[C@@H](Nc2c(-c3nncs3)cnc3c2ccn3COCC[Si](C)(C)C)C1. The number of nitrogens with zero attached hydrogens (tertiary/aromatic N) is 4. The van der Waals surface area contributed by atoms with Crippen LogP contribution in [0.1, 0.15) is 33.6 Å². The van der Waals surface area contributed by atoms with Crippen LogP contribution < -0.4 is 10.6 Å². The standard InChI is InChI=1S/C24H36N6O3SSi/c1-24(2,3)33-23(31)28-17-11-16(12-17)27-20-18-7-8-30(15-32-9-10-35(4,5)6)21(18)25-13-19(20)22-29-26-14-34-22/h7-8,13-14,16-17H,9-12,15H2,1-6H3,(H,25,27)(H,28,31)/t16-,17+. The summed E-state index contributed by atoms with van der Waals surface area (Å²) in [4.78, 5) is 16.8. The van der Waals surface area contributed by atoms with Crippen molar-refractivity contribution in [1.82, 2.24) is 25.1 Å². The zero-order valence-corrected chi connectivity index (χ0v) is 23.2. The first-order valence-electron chi connectivity index (χ1n) is 12.1. The van der Waals surface area contributed by atoms with Gasteiger partial charge in [-0.25, -0.2) is 9.78 Å². The van der Waals surface area contributed by atoms with Gasteiger partial charge in [0.2, 0.25) is 0 Å². The fraction of sp³-hybridized carbons (Fsp3) is 0.583. The molecule has 190 valence electrons. The quantitative estimate of drug-likeness (QED) is 0.292. The second-order valence-electron chi connectivity index (χ2n) is 11.3. The van der Waals surface area contributed by atoms with Crippen LogP contribution >= 0.6 is 11.3 Å². The Kier molecular flexibility index (Phi) is 7.48. The van der Waals surface area contributed by atoms with Gasteiger partial charge in [-0.2, -0.15) is 0 Å². The first kappa shape index (κ1) is 25.6. The van der Waals surface area contributed by atoms with E-state index in [1.165, 1.54) is 11.3 Å². The molecule has 35 heavy (non-hydrogen) atoms. The minimum Gasteiger partial charge on any atom is -0.444 e. The van der Waals surface area contributed by atoms with Crippen LogP contribution in [0.25, 0.3) is 21.6 Å². The summed E-state index contributed by atoms with van der Waals surface area (Å²) >= 11 is 1.49. The number of rotatable bonds is 9. The van der Waals surface area contributed by atoms with Crippen LogP contribution in [0.15, 0.2) is 24.0 Å². The highest BCUT2D eigenvalue weighted by Gasteiger charge is 2.33. The number of carbonyl (C=O) groups excluding carboxylic acids is 1. The van der Waals surface area contributed by atoms with Crippen molar-refractivity contribution >= 4 is 42.2 Å². The third kappa shape index (κ3) is 6.80. The molecular weight excluding hydrogens is 480 g/mol. The minimum atomic E-state index is -1.13. The molecule has 0 spiro atoms. The Hall–Kier alpha value is -2.50. The van der Waals surface area contributed by atoms with Crippen LogP contribution in [0.5, 0.6) is 0 Å². The number of carbonyl (C=O) groups is 1. The number of anilines is 1. The van der Waals surface area contributed by atoms with E-state index in [9.17, 15) is 4.79 Å². The highest BCUT2D eigenvalue weighted by Crippen LogP contribution is 2.37. The Morgan fingerprint density at radius 2 is 2.03 bits per heavy atom. The largest absolute Gasteiger partial charge is 0.444 e. The molecule has 3 aromatic heterocycles. The van der Waals surface area contributed by atoms with Crippen molar-refractivity contribution in [3.63, 3.8) is 0 Å². The molecule has 1 fully saturated rings. The molecule has 9 nitrogen and oxygen atoms in total. The first-order valence-corrected chi connectivity index (χ1v) is 16.7. The number of pyridine rings is 1. The summed E-state index contributed by atoms with van der Waals surface area (Å²) in [6.07, 6.45) is 5.15. The number of fused-ring (bicyclic) bond motifs is 1. The second-order valence-corrected chi connectivity index (χ2v) is 17.8. The van der Waals surface area contributed by atoms with Gasteiger partial charge in [-0.15, -0.1) is 10.2 Å². The molecule has 0 atom stereocenters. The maximum absolute atomic E-state index is 12.1. The lowest BCUT2D eigenvalue weighted by molar-refractivity contribution is 0.0475. The average Bonchev–Trinajstić information content (AvgIpc) is 3.38. The van der Waals surface area contributed by atoms with E-state index in [1.807, 2.05) is 37.7 Å². The number of hydrogen-bond acceptors (Lipinski definition) is 8. The number of ether oxygens (including phenoxy) is 2. The lowest BCUT2D eigenvalue weighted by Crippen LogP contribution is -2.50. The number of amides is 1. The van der Waals surface area contributed by atoms with Gasteiger partial charge < -0.3 is 24.7 Å². The van der Waals surface area contributed by atoms with E-state index < -0.39 is 13.7 Å². The molecule has 1 aliphatic rings. The Morgan fingerprint density at radius 1 is 1.26 bits per heavy atom. The smallest absolute Gasteiger partial charge is 0.407 e. The molecule has 0 saturated heterocycles. The molecule has 0 aliphatic heterocycles. The number of alkyl carbamates (subject to hydrolysis) is 1. The molecule has 2 N–H and O–H groups in total. The molecule has 1 aliphatic carbocycles. The van der Waals surface area contributed by atoms with Crippen molar-refractivity contribution in [1.29, 1.82) is 0 Å². The van der Waals surface area contributed by atoms with Gasteiger partial charge in [0, 0.05) is 44.5 Å². The first-order chi connectivity index (χ1) is 16.5. The van der Waals surface area contributed by atoms with Crippen LogP contribution in [0.2, 0.25) is 25.7 Å². The average molecular weight is 517 g/mol. The fourth-order valence-corrected chi connectivity index (χ4v) is 5.25. The monoisotopic (exact) mass is 516 g/mol. The Balaban J connectivity index is 1.46. The Labute approximate surface area is 211 Å². The molecule has 4 rings (SSSR count). The van der Waals surface area contributed by atoms with E-state index in [1.54, 1.807) is 5.51 Å². The van der Waals surface area contributed by atoms with Gasteiger partial charge in [0.1, 0.15) is 23.5 Å². The van der Waals surface area contributed by atoms with E-state index >= 15 is 0 Å². The van der Waals surface area contributed by atoms with Crippen molar-refractivity contribution < 1.29 is 14.3 Å². The molecule has 0 bridgehead atoms. The highest BCUT2D eigenvalue weighted by molar-refractivity contribution is 7.12. The van der Waals surface area contributed by atoms with E-state index in [0.29, 0.717) is 6.73 Å². The van der Waals surface area contributed by atoms with Gasteiger partial charge in [0.15, 0.2) is 5.01 Å². The van der Waals surface area contributed by atoms with Gasteiger partial charge in [0.05, 0.1) is 11.3 Å². The van der Waals surface area contributed by atoms with Gasteiger partial charge in [-0.1, -0.05) is 31.0 Å². The summed E-state index contributed by atoms with van der Waals surface area (Å²) < 4.78 is 13.4. The Bertz CT molecular complexity index is 1150. The lowest BCUT2D eigenvalue weighted by Gasteiger charge is -2.37.